The summed E-state index contributed by atoms with van der Waals surface area (Å²) in [5.41, 5.74) is 10.2. The number of aliphatic hydroxyl groups excluding tert-OH is 1. The fourth-order valence-electron chi connectivity index (χ4n) is 4.56. The van der Waals surface area contributed by atoms with Crippen LogP contribution < -0.4 is 10.5 Å². The normalized spacial score (nSPS) is 16.1. The van der Waals surface area contributed by atoms with Crippen molar-refractivity contribution in [2.75, 3.05) is 19.7 Å². The SMILES string of the molecule is CC(=NC1CCN(C#N)CC1)/C(=C(\N)CCO)c1cc(OC(C)c2ccc(F)cn2)n2c(C#N)cnc2c1. The Morgan fingerprint density at radius 2 is 2.03 bits per heavy atom. The Balaban J connectivity index is 1.77. The third kappa shape index (κ3) is 5.74. The number of aliphatic hydroxyl groups is 1. The van der Waals surface area contributed by atoms with Gasteiger partial charge in [-0.25, -0.2) is 9.37 Å². The van der Waals surface area contributed by atoms with Crippen molar-refractivity contribution in [3.05, 3.63) is 65.1 Å². The monoisotopic (exact) mass is 516 g/mol. The standard InChI is InChI=1S/C27H29FN8O2/c1-17(34-21-5-8-35(16-30)9-6-21)27(23(31)7-10-37)19-11-25-33-15-22(13-29)36(25)26(12-19)38-18(2)24-4-3-20(28)14-32-24/h3-4,11-12,14-15,18,21,37H,5-10,31H2,1-2H3/b27-23+,34-17?. The Labute approximate surface area is 220 Å². The maximum atomic E-state index is 13.4. The number of allylic oxidation sites excluding steroid dienone is 1. The van der Waals surface area contributed by atoms with Gasteiger partial charge in [0.15, 0.2) is 6.19 Å². The zero-order chi connectivity index (χ0) is 27.2. The number of hydrogen-bond acceptors (Lipinski definition) is 9. The average Bonchev–Trinajstić information content (AvgIpc) is 3.33. The van der Waals surface area contributed by atoms with E-state index in [1.54, 1.807) is 34.4 Å². The summed E-state index contributed by atoms with van der Waals surface area (Å²) in [6.45, 7) is 4.81. The number of halogens is 1. The summed E-state index contributed by atoms with van der Waals surface area (Å²) < 4.78 is 21.2. The van der Waals surface area contributed by atoms with E-state index >= 15 is 0 Å². The zero-order valence-corrected chi connectivity index (χ0v) is 21.3. The number of imidazole rings is 1. The second-order valence-electron chi connectivity index (χ2n) is 9.10. The Morgan fingerprint density at radius 1 is 1.26 bits per heavy atom. The van der Waals surface area contributed by atoms with E-state index in [9.17, 15) is 14.8 Å². The Kier molecular flexibility index (Phi) is 8.19. The van der Waals surface area contributed by atoms with Gasteiger partial charge in [0.05, 0.1) is 24.1 Å². The first-order valence-electron chi connectivity index (χ1n) is 12.3. The fourth-order valence-corrected chi connectivity index (χ4v) is 4.56. The van der Waals surface area contributed by atoms with Crippen LogP contribution in [-0.2, 0) is 0 Å². The number of piperidine rings is 1. The summed E-state index contributed by atoms with van der Waals surface area (Å²) >= 11 is 0. The van der Waals surface area contributed by atoms with Crippen molar-refractivity contribution in [1.29, 1.82) is 10.5 Å². The van der Waals surface area contributed by atoms with Crippen molar-refractivity contribution < 1.29 is 14.2 Å². The number of rotatable bonds is 8. The van der Waals surface area contributed by atoms with Crippen molar-refractivity contribution in [3.8, 4) is 18.1 Å². The lowest BCUT2D eigenvalue weighted by Gasteiger charge is -2.26. The number of ether oxygens (including phenoxy) is 1. The smallest absolute Gasteiger partial charge is 0.201 e. The lowest BCUT2D eigenvalue weighted by atomic mass is 9.98. The highest BCUT2D eigenvalue weighted by molar-refractivity contribution is 6.23. The predicted octanol–water partition coefficient (Wildman–Crippen LogP) is 3.34. The first kappa shape index (κ1) is 26.6. The zero-order valence-electron chi connectivity index (χ0n) is 21.3. The summed E-state index contributed by atoms with van der Waals surface area (Å²) in [4.78, 5) is 15.1. The third-order valence-electron chi connectivity index (χ3n) is 6.49. The quantitative estimate of drug-likeness (QED) is 0.342. The average molecular weight is 517 g/mol. The number of nitrogens with two attached hydrogens (primary N) is 1. The number of fused-ring (bicyclic) bond motifs is 1. The van der Waals surface area contributed by atoms with Crippen molar-refractivity contribution in [3.63, 3.8) is 0 Å². The van der Waals surface area contributed by atoms with E-state index in [0.29, 0.717) is 52.9 Å². The number of pyridine rings is 2. The molecule has 3 N–H and O–H groups in total. The highest BCUT2D eigenvalue weighted by Gasteiger charge is 2.22. The van der Waals surface area contributed by atoms with Crippen LogP contribution in [0.25, 0.3) is 11.2 Å². The van der Waals surface area contributed by atoms with Crippen LogP contribution in [0.3, 0.4) is 0 Å². The lowest BCUT2D eigenvalue weighted by Crippen LogP contribution is -2.32. The van der Waals surface area contributed by atoms with Crippen LogP contribution in [0.5, 0.6) is 5.88 Å². The van der Waals surface area contributed by atoms with Crippen molar-refractivity contribution in [2.24, 2.45) is 10.7 Å². The minimum absolute atomic E-state index is 0.0390. The lowest BCUT2D eigenvalue weighted by molar-refractivity contribution is 0.209. The number of aromatic nitrogens is 3. The molecule has 1 unspecified atom stereocenters. The van der Waals surface area contributed by atoms with E-state index in [1.807, 2.05) is 6.92 Å². The maximum Gasteiger partial charge on any atom is 0.201 e. The van der Waals surface area contributed by atoms with Crippen molar-refractivity contribution in [1.82, 2.24) is 19.3 Å². The number of hydrogen-bond donors (Lipinski definition) is 2. The second-order valence-corrected chi connectivity index (χ2v) is 9.10. The van der Waals surface area contributed by atoms with Gasteiger partial charge in [-0.1, -0.05) is 0 Å². The molecule has 3 aromatic heterocycles. The van der Waals surface area contributed by atoms with E-state index in [2.05, 4.69) is 22.2 Å². The minimum atomic E-state index is -0.565. The molecule has 0 bridgehead atoms. The molecule has 1 aliphatic heterocycles. The van der Waals surface area contributed by atoms with Crippen LogP contribution in [0.1, 0.15) is 56.2 Å². The third-order valence-corrected chi connectivity index (χ3v) is 6.49. The Bertz CT molecular complexity index is 1440. The first-order chi connectivity index (χ1) is 18.3. The number of aliphatic imine (C=N–C) groups is 1. The summed E-state index contributed by atoms with van der Waals surface area (Å²) in [6, 6.07) is 8.57. The summed E-state index contributed by atoms with van der Waals surface area (Å²) in [5, 5.41) is 28.4. The summed E-state index contributed by atoms with van der Waals surface area (Å²) in [7, 11) is 0. The van der Waals surface area contributed by atoms with Gasteiger partial charge in [-0.05, 0) is 50.5 Å². The molecule has 0 amide bonds. The van der Waals surface area contributed by atoms with Crippen molar-refractivity contribution in [2.45, 2.75) is 45.3 Å². The van der Waals surface area contributed by atoms with E-state index in [-0.39, 0.29) is 24.8 Å². The number of likely N-dealkylation sites (tertiary alicyclic amines) is 1. The van der Waals surface area contributed by atoms with Gasteiger partial charge in [-0.3, -0.25) is 14.4 Å². The Morgan fingerprint density at radius 3 is 2.66 bits per heavy atom. The van der Waals surface area contributed by atoms with Crippen LogP contribution in [0.2, 0.25) is 0 Å². The molecule has 3 aromatic rings. The van der Waals surface area contributed by atoms with Crippen LogP contribution in [0.4, 0.5) is 4.39 Å². The largest absolute Gasteiger partial charge is 0.469 e. The van der Waals surface area contributed by atoms with Gasteiger partial charge in [0.2, 0.25) is 5.88 Å². The van der Waals surface area contributed by atoms with Gasteiger partial charge in [0.1, 0.15) is 29.3 Å². The second kappa shape index (κ2) is 11.7. The molecule has 4 rings (SSSR count). The van der Waals surface area contributed by atoms with Crippen LogP contribution >= 0.6 is 0 Å². The molecule has 1 aliphatic rings. The highest BCUT2D eigenvalue weighted by Crippen LogP contribution is 2.30. The van der Waals surface area contributed by atoms with Gasteiger partial charge in [-0.2, -0.15) is 10.5 Å². The highest BCUT2D eigenvalue weighted by atomic mass is 19.1. The van der Waals surface area contributed by atoms with Gasteiger partial charge < -0.3 is 20.5 Å². The number of nitrogens with zero attached hydrogens (tertiary/aromatic N) is 7. The fraction of sp³-hybridized carbons (Fsp3) is 0.370. The molecule has 0 aliphatic carbocycles. The van der Waals surface area contributed by atoms with Gasteiger partial charge in [0, 0.05) is 49.2 Å². The number of nitriles is 2. The summed E-state index contributed by atoms with van der Waals surface area (Å²) in [6.07, 6.45) is 5.93. The molecule has 11 heteroatoms. The molecule has 0 aromatic carbocycles. The van der Waals surface area contributed by atoms with Gasteiger partial charge in [-0.15, -0.1) is 0 Å². The predicted molar refractivity (Wildman–Crippen MR) is 139 cm³/mol. The molecule has 0 saturated carbocycles. The molecular weight excluding hydrogens is 487 g/mol. The first-order valence-corrected chi connectivity index (χ1v) is 12.3. The molecule has 0 radical (unpaired) electrons. The summed E-state index contributed by atoms with van der Waals surface area (Å²) in [5.74, 6) is -0.122. The maximum absolute atomic E-state index is 13.4. The van der Waals surface area contributed by atoms with Crippen molar-refractivity contribution >= 4 is 16.9 Å². The topological polar surface area (TPSA) is 149 Å². The molecule has 38 heavy (non-hydrogen) atoms. The van der Waals surface area contributed by atoms with E-state index in [1.165, 1.54) is 12.3 Å². The van der Waals surface area contributed by atoms with Crippen LogP contribution in [0.15, 0.2) is 47.3 Å². The van der Waals surface area contributed by atoms with Crippen LogP contribution in [-0.4, -0.2) is 55.8 Å². The van der Waals surface area contributed by atoms with Gasteiger partial charge >= 0.3 is 0 Å². The molecule has 196 valence electrons. The van der Waals surface area contributed by atoms with E-state index in [4.69, 9.17) is 20.7 Å². The van der Waals surface area contributed by atoms with Gasteiger partial charge in [0.25, 0.3) is 0 Å². The van der Waals surface area contributed by atoms with Crippen LogP contribution in [0, 0.1) is 28.6 Å². The molecule has 10 nitrogen and oxygen atoms in total. The molecule has 4 heterocycles. The molecule has 0 spiro atoms. The minimum Gasteiger partial charge on any atom is -0.469 e. The molecular formula is C27H29FN8O2. The molecule has 1 fully saturated rings. The van der Waals surface area contributed by atoms with E-state index < -0.39 is 11.9 Å². The Hall–Kier alpha value is -4.48. The van der Waals surface area contributed by atoms with E-state index in [0.717, 1.165) is 19.0 Å². The molecule has 1 saturated heterocycles. The molecule has 1 atom stereocenters.